The molecule has 0 aliphatic carbocycles. The largest absolute Gasteiger partial charge is 0.461 e. The first-order valence-electron chi connectivity index (χ1n) is 7.55. The van der Waals surface area contributed by atoms with Gasteiger partial charge in [-0.25, -0.2) is 0 Å². The van der Waals surface area contributed by atoms with Crippen molar-refractivity contribution in [2.24, 2.45) is 0 Å². The molecule has 0 unspecified atom stereocenters. The monoisotopic (exact) mass is 434 g/mol. The lowest BCUT2D eigenvalue weighted by molar-refractivity contribution is -0.151. The van der Waals surface area contributed by atoms with E-state index in [0.717, 1.165) is 0 Å². The molecule has 2 aromatic carbocycles. The summed E-state index contributed by atoms with van der Waals surface area (Å²) in [5.74, 6) is -1.09. The van der Waals surface area contributed by atoms with Gasteiger partial charge in [-0.1, -0.05) is 70.7 Å². The van der Waals surface area contributed by atoms with Crippen LogP contribution < -0.4 is 0 Å². The number of ether oxygens (including phenoxy) is 2. The van der Waals surface area contributed by atoms with Crippen LogP contribution in [0.1, 0.15) is 24.0 Å². The topological polar surface area (TPSA) is 52.6 Å². The second kappa shape index (κ2) is 10.0. The maximum Gasteiger partial charge on any atom is 0.306 e. The Morgan fingerprint density at radius 2 is 1.08 bits per heavy atom. The van der Waals surface area contributed by atoms with Crippen LogP contribution in [-0.4, -0.2) is 11.9 Å². The molecule has 2 aromatic rings. The third-order valence-corrected chi connectivity index (χ3v) is 5.09. The van der Waals surface area contributed by atoms with Crippen molar-refractivity contribution in [1.29, 1.82) is 0 Å². The van der Waals surface area contributed by atoms with Gasteiger partial charge in [-0.2, -0.15) is 0 Å². The third-order valence-electron chi connectivity index (χ3n) is 3.37. The molecule has 0 aromatic heterocycles. The zero-order valence-corrected chi connectivity index (χ0v) is 16.5. The van der Waals surface area contributed by atoms with E-state index in [1.54, 1.807) is 36.4 Å². The minimum Gasteiger partial charge on any atom is -0.461 e. The van der Waals surface area contributed by atoms with E-state index in [4.69, 9.17) is 55.9 Å². The number of halogens is 4. The van der Waals surface area contributed by atoms with E-state index in [2.05, 4.69) is 0 Å². The predicted octanol–water partition coefficient (Wildman–Crippen LogP) is 5.87. The van der Waals surface area contributed by atoms with E-state index >= 15 is 0 Å². The highest BCUT2D eigenvalue weighted by atomic mass is 35.5. The molecule has 0 spiro atoms. The normalized spacial score (nSPS) is 10.5. The van der Waals surface area contributed by atoms with Crippen molar-refractivity contribution in [2.45, 2.75) is 26.1 Å². The van der Waals surface area contributed by atoms with Crippen molar-refractivity contribution in [3.63, 3.8) is 0 Å². The molecule has 0 aliphatic heterocycles. The summed E-state index contributed by atoms with van der Waals surface area (Å²) in [5, 5.41) is 1.42. The van der Waals surface area contributed by atoms with Crippen LogP contribution >= 0.6 is 46.4 Å². The van der Waals surface area contributed by atoms with E-state index in [1.807, 2.05) is 0 Å². The zero-order chi connectivity index (χ0) is 19.1. The Balaban J connectivity index is 1.74. The van der Waals surface area contributed by atoms with Gasteiger partial charge in [0.2, 0.25) is 0 Å². The lowest BCUT2D eigenvalue weighted by Crippen LogP contribution is -2.10. The van der Waals surface area contributed by atoms with Gasteiger partial charge < -0.3 is 9.47 Å². The van der Waals surface area contributed by atoms with Crippen molar-refractivity contribution >= 4 is 58.3 Å². The highest BCUT2D eigenvalue weighted by Crippen LogP contribution is 2.27. The molecule has 0 amide bonds. The molecule has 0 saturated carbocycles. The second-order valence-corrected chi connectivity index (χ2v) is 6.82. The molecule has 0 fully saturated rings. The van der Waals surface area contributed by atoms with Crippen molar-refractivity contribution in [3.05, 3.63) is 67.6 Å². The number of carbonyl (C=O) groups excluding carboxylic acids is 2. The highest BCUT2D eigenvalue weighted by molar-refractivity contribution is 6.42. The standard InChI is InChI=1S/C18H14Cl4O4/c19-13-5-1-3-11(17(13)21)9-25-15(23)7-8-16(24)26-10-12-4-2-6-14(20)18(12)22/h1-6H,7-10H2. The van der Waals surface area contributed by atoms with Crippen LogP contribution in [0.25, 0.3) is 0 Å². The minimum absolute atomic E-state index is 0.0224. The SMILES string of the molecule is O=C(CCC(=O)OCc1cccc(Cl)c1Cl)OCc1cccc(Cl)c1Cl. The van der Waals surface area contributed by atoms with Gasteiger partial charge in [-0.15, -0.1) is 0 Å². The van der Waals surface area contributed by atoms with Gasteiger partial charge in [0.05, 0.1) is 32.9 Å². The van der Waals surface area contributed by atoms with Crippen molar-refractivity contribution in [2.75, 3.05) is 0 Å². The van der Waals surface area contributed by atoms with Crippen LogP contribution in [-0.2, 0) is 32.3 Å². The van der Waals surface area contributed by atoms with Crippen LogP contribution in [0.3, 0.4) is 0 Å². The summed E-state index contributed by atoms with van der Waals surface area (Å²) in [7, 11) is 0. The number of hydrogen-bond acceptors (Lipinski definition) is 4. The molecule has 0 N–H and O–H groups in total. The molecule has 2 rings (SSSR count). The van der Waals surface area contributed by atoms with Gasteiger partial charge in [0.25, 0.3) is 0 Å². The molecule has 8 heteroatoms. The lowest BCUT2D eigenvalue weighted by atomic mass is 10.2. The molecule has 0 aliphatic rings. The molecule has 0 heterocycles. The average Bonchev–Trinajstić information content (AvgIpc) is 2.62. The molecular weight excluding hydrogens is 422 g/mol. The van der Waals surface area contributed by atoms with E-state index in [0.29, 0.717) is 31.2 Å². The molecule has 0 radical (unpaired) electrons. The number of esters is 2. The van der Waals surface area contributed by atoms with Gasteiger partial charge in [0, 0.05) is 11.1 Å². The van der Waals surface area contributed by atoms with Gasteiger partial charge in [0.1, 0.15) is 13.2 Å². The molecule has 0 atom stereocenters. The van der Waals surface area contributed by atoms with Crippen LogP contribution in [0.4, 0.5) is 0 Å². The maximum atomic E-state index is 11.7. The van der Waals surface area contributed by atoms with Crippen molar-refractivity contribution in [1.82, 2.24) is 0 Å². The van der Waals surface area contributed by atoms with E-state index in [9.17, 15) is 9.59 Å². The molecular formula is C18H14Cl4O4. The van der Waals surface area contributed by atoms with Gasteiger partial charge in [-0.05, 0) is 12.1 Å². The summed E-state index contributed by atoms with van der Waals surface area (Å²) in [4.78, 5) is 23.5. The Bertz CT molecular complexity index is 740. The Morgan fingerprint density at radius 1 is 0.692 bits per heavy atom. The quantitative estimate of drug-likeness (QED) is 0.510. The Kier molecular flexibility index (Phi) is 8.04. The maximum absolute atomic E-state index is 11.7. The number of hydrogen-bond donors (Lipinski definition) is 0. The first kappa shape index (κ1) is 20.8. The van der Waals surface area contributed by atoms with Crippen molar-refractivity contribution in [3.8, 4) is 0 Å². The number of carbonyl (C=O) groups is 2. The fourth-order valence-corrected chi connectivity index (χ4v) is 2.73. The molecule has 138 valence electrons. The van der Waals surface area contributed by atoms with Gasteiger partial charge in [-0.3, -0.25) is 9.59 Å². The Morgan fingerprint density at radius 3 is 1.46 bits per heavy atom. The molecule has 4 nitrogen and oxygen atoms in total. The molecule has 0 saturated heterocycles. The van der Waals surface area contributed by atoms with Crippen LogP contribution in [0.5, 0.6) is 0 Å². The summed E-state index contributed by atoms with van der Waals surface area (Å²) in [6, 6.07) is 10.1. The summed E-state index contributed by atoms with van der Waals surface area (Å²) in [6.07, 6.45) is -0.222. The first-order chi connectivity index (χ1) is 12.4. The van der Waals surface area contributed by atoms with E-state index in [1.165, 1.54) is 0 Å². The van der Waals surface area contributed by atoms with Gasteiger partial charge in [0.15, 0.2) is 0 Å². The Labute approximate surface area is 170 Å². The number of benzene rings is 2. The van der Waals surface area contributed by atoms with E-state index in [-0.39, 0.29) is 26.1 Å². The van der Waals surface area contributed by atoms with Crippen LogP contribution in [0.2, 0.25) is 20.1 Å². The summed E-state index contributed by atoms with van der Waals surface area (Å²) in [6.45, 7) is -0.0448. The second-order valence-electron chi connectivity index (χ2n) is 5.25. The summed E-state index contributed by atoms with van der Waals surface area (Å²) >= 11 is 23.8. The zero-order valence-electron chi connectivity index (χ0n) is 13.4. The fraction of sp³-hybridized carbons (Fsp3) is 0.222. The Hall–Kier alpha value is -1.46. The first-order valence-corrected chi connectivity index (χ1v) is 9.06. The third kappa shape index (κ3) is 6.06. The van der Waals surface area contributed by atoms with E-state index < -0.39 is 11.9 Å². The minimum atomic E-state index is -0.543. The van der Waals surface area contributed by atoms with Crippen LogP contribution in [0, 0.1) is 0 Å². The fourth-order valence-electron chi connectivity index (χ4n) is 1.98. The number of rotatable bonds is 7. The molecule has 0 bridgehead atoms. The smallest absolute Gasteiger partial charge is 0.306 e. The average molecular weight is 436 g/mol. The van der Waals surface area contributed by atoms with Crippen LogP contribution in [0.15, 0.2) is 36.4 Å². The highest BCUT2D eigenvalue weighted by Gasteiger charge is 2.12. The predicted molar refractivity (Wildman–Crippen MR) is 102 cm³/mol. The summed E-state index contributed by atoms with van der Waals surface area (Å²) < 4.78 is 10.2. The lowest BCUT2D eigenvalue weighted by Gasteiger charge is -2.09. The van der Waals surface area contributed by atoms with Gasteiger partial charge >= 0.3 is 11.9 Å². The summed E-state index contributed by atoms with van der Waals surface area (Å²) in [5.41, 5.74) is 1.18. The van der Waals surface area contributed by atoms with Crippen molar-refractivity contribution < 1.29 is 19.1 Å². The molecule has 26 heavy (non-hydrogen) atoms.